The second-order valence-electron chi connectivity index (χ2n) is 6.01. The normalized spacial score (nSPS) is 26.4. The molecular weight excluding hydrogens is 322 g/mol. The molecule has 2 aliphatic rings. The summed E-state index contributed by atoms with van der Waals surface area (Å²) in [4.78, 5) is 0. The number of halogens is 1. The topological polar surface area (TPSA) is 39.7 Å². The summed E-state index contributed by atoms with van der Waals surface area (Å²) in [6, 6.07) is 4.49. The van der Waals surface area contributed by atoms with Crippen molar-refractivity contribution in [1.82, 2.24) is 5.32 Å². The minimum absolute atomic E-state index is 0.178. The van der Waals surface area contributed by atoms with Crippen molar-refractivity contribution in [2.75, 3.05) is 13.9 Å². The van der Waals surface area contributed by atoms with Gasteiger partial charge >= 0.3 is 0 Å². The van der Waals surface area contributed by atoms with Crippen molar-refractivity contribution in [1.29, 1.82) is 0 Å². The summed E-state index contributed by atoms with van der Waals surface area (Å²) in [5.41, 5.74) is 1.36. The molecule has 5 heteroatoms. The molecule has 0 radical (unpaired) electrons. The van der Waals surface area contributed by atoms with E-state index in [1.165, 1.54) is 5.56 Å². The Labute approximate surface area is 127 Å². The molecule has 0 saturated heterocycles. The number of nitrogens with one attached hydrogen (secondary N) is 1. The van der Waals surface area contributed by atoms with E-state index >= 15 is 0 Å². The first-order chi connectivity index (χ1) is 9.52. The van der Waals surface area contributed by atoms with Crippen LogP contribution < -0.4 is 14.8 Å². The van der Waals surface area contributed by atoms with Gasteiger partial charge in [0.15, 0.2) is 11.5 Å². The third-order valence-electron chi connectivity index (χ3n) is 4.54. The lowest BCUT2D eigenvalue weighted by molar-refractivity contribution is -0.0979. The van der Waals surface area contributed by atoms with Gasteiger partial charge in [0.1, 0.15) is 0 Å². The zero-order valence-electron chi connectivity index (χ0n) is 12.0. The Balaban J connectivity index is 1.65. The van der Waals surface area contributed by atoms with Gasteiger partial charge in [-0.25, -0.2) is 0 Å². The predicted molar refractivity (Wildman–Crippen MR) is 80.1 cm³/mol. The van der Waals surface area contributed by atoms with Crippen LogP contribution in [0.1, 0.15) is 25.8 Å². The van der Waals surface area contributed by atoms with Gasteiger partial charge in [-0.1, -0.05) is 29.8 Å². The molecule has 1 aliphatic heterocycles. The quantitative estimate of drug-likeness (QED) is 0.913. The molecule has 2 atom stereocenters. The van der Waals surface area contributed by atoms with Crippen molar-refractivity contribution < 1.29 is 14.2 Å². The first-order valence-corrected chi connectivity index (χ1v) is 7.66. The van der Waals surface area contributed by atoms with Crippen LogP contribution in [0.3, 0.4) is 0 Å². The van der Waals surface area contributed by atoms with Crippen LogP contribution >= 0.6 is 15.9 Å². The van der Waals surface area contributed by atoms with Gasteiger partial charge in [0, 0.05) is 29.6 Å². The molecule has 1 fully saturated rings. The van der Waals surface area contributed by atoms with E-state index in [0.717, 1.165) is 28.9 Å². The molecule has 0 aromatic heterocycles. The molecule has 20 heavy (non-hydrogen) atoms. The number of hydrogen-bond donors (Lipinski definition) is 1. The SMILES string of the molecule is COC1CC(NCc2cc3c(cc2Br)OCO3)C1(C)C. The number of hydrogen-bond acceptors (Lipinski definition) is 4. The van der Waals surface area contributed by atoms with Gasteiger partial charge < -0.3 is 19.5 Å². The second-order valence-corrected chi connectivity index (χ2v) is 6.87. The number of benzene rings is 1. The molecule has 4 nitrogen and oxygen atoms in total. The third-order valence-corrected chi connectivity index (χ3v) is 5.28. The Morgan fingerprint density at radius 2 is 2.05 bits per heavy atom. The highest BCUT2D eigenvalue weighted by molar-refractivity contribution is 9.10. The molecule has 1 saturated carbocycles. The highest BCUT2D eigenvalue weighted by Crippen LogP contribution is 2.43. The first-order valence-electron chi connectivity index (χ1n) is 6.86. The summed E-state index contributed by atoms with van der Waals surface area (Å²) >= 11 is 3.59. The van der Waals surface area contributed by atoms with Gasteiger partial charge in [-0.05, 0) is 24.1 Å². The van der Waals surface area contributed by atoms with Gasteiger partial charge in [0.05, 0.1) is 6.10 Å². The molecule has 0 spiro atoms. The zero-order valence-corrected chi connectivity index (χ0v) is 13.6. The van der Waals surface area contributed by atoms with E-state index < -0.39 is 0 Å². The number of rotatable bonds is 4. The minimum Gasteiger partial charge on any atom is -0.454 e. The second kappa shape index (κ2) is 5.20. The summed E-state index contributed by atoms with van der Waals surface area (Å²) in [5, 5.41) is 3.62. The summed E-state index contributed by atoms with van der Waals surface area (Å²) in [5.74, 6) is 1.64. The van der Waals surface area contributed by atoms with Gasteiger partial charge in [-0.3, -0.25) is 0 Å². The van der Waals surface area contributed by atoms with Crippen molar-refractivity contribution in [2.24, 2.45) is 5.41 Å². The van der Waals surface area contributed by atoms with Crippen LogP contribution in [0, 0.1) is 5.41 Å². The third kappa shape index (κ3) is 2.32. The monoisotopic (exact) mass is 341 g/mol. The minimum atomic E-state index is 0.178. The lowest BCUT2D eigenvalue weighted by Crippen LogP contribution is -2.60. The van der Waals surface area contributed by atoms with Gasteiger partial charge in [-0.2, -0.15) is 0 Å². The molecule has 2 unspecified atom stereocenters. The molecule has 1 aliphatic carbocycles. The fraction of sp³-hybridized carbons (Fsp3) is 0.600. The fourth-order valence-corrected chi connectivity index (χ4v) is 3.42. The molecule has 1 heterocycles. The molecule has 1 aromatic carbocycles. The Kier molecular flexibility index (Phi) is 3.69. The van der Waals surface area contributed by atoms with E-state index in [0.29, 0.717) is 18.9 Å². The smallest absolute Gasteiger partial charge is 0.231 e. The van der Waals surface area contributed by atoms with Crippen LogP contribution in [-0.4, -0.2) is 26.0 Å². The van der Waals surface area contributed by atoms with Crippen molar-refractivity contribution in [2.45, 2.75) is 39.0 Å². The Hall–Kier alpha value is -0.780. The van der Waals surface area contributed by atoms with E-state index in [1.807, 2.05) is 12.1 Å². The van der Waals surface area contributed by atoms with E-state index in [-0.39, 0.29) is 5.41 Å². The highest BCUT2D eigenvalue weighted by Gasteiger charge is 2.48. The lowest BCUT2D eigenvalue weighted by Gasteiger charge is -2.51. The Morgan fingerprint density at radius 3 is 2.70 bits per heavy atom. The van der Waals surface area contributed by atoms with E-state index in [2.05, 4.69) is 35.1 Å². The number of methoxy groups -OCH3 is 1. The molecule has 3 rings (SSSR count). The van der Waals surface area contributed by atoms with Gasteiger partial charge in [-0.15, -0.1) is 0 Å². The molecule has 1 aromatic rings. The van der Waals surface area contributed by atoms with E-state index in [1.54, 1.807) is 7.11 Å². The van der Waals surface area contributed by atoms with Crippen molar-refractivity contribution >= 4 is 15.9 Å². The van der Waals surface area contributed by atoms with Crippen molar-refractivity contribution in [3.05, 3.63) is 22.2 Å². The Bertz CT molecular complexity index is 518. The summed E-state index contributed by atoms with van der Waals surface area (Å²) < 4.78 is 17.3. The Morgan fingerprint density at radius 1 is 1.35 bits per heavy atom. The zero-order chi connectivity index (χ0) is 14.3. The molecule has 110 valence electrons. The number of fused-ring (bicyclic) bond motifs is 1. The maximum Gasteiger partial charge on any atom is 0.231 e. The van der Waals surface area contributed by atoms with Crippen molar-refractivity contribution in [3.63, 3.8) is 0 Å². The van der Waals surface area contributed by atoms with Crippen LogP contribution in [0.2, 0.25) is 0 Å². The standard InChI is InChI=1S/C15H20BrNO3/c1-15(2)13(6-14(15)18-3)17-7-9-4-11-12(5-10(9)16)20-8-19-11/h4-5,13-14,17H,6-8H2,1-3H3. The van der Waals surface area contributed by atoms with Gasteiger partial charge in [0.25, 0.3) is 0 Å². The summed E-state index contributed by atoms with van der Waals surface area (Å²) in [6.07, 6.45) is 1.41. The van der Waals surface area contributed by atoms with Gasteiger partial charge in [0.2, 0.25) is 6.79 Å². The average Bonchev–Trinajstić information content (AvgIpc) is 2.84. The van der Waals surface area contributed by atoms with Crippen LogP contribution in [0.25, 0.3) is 0 Å². The maximum atomic E-state index is 5.48. The van der Waals surface area contributed by atoms with Crippen LogP contribution in [0.5, 0.6) is 11.5 Å². The van der Waals surface area contributed by atoms with Crippen LogP contribution in [-0.2, 0) is 11.3 Å². The summed E-state index contributed by atoms with van der Waals surface area (Å²) in [7, 11) is 1.79. The fourth-order valence-electron chi connectivity index (χ4n) is 2.96. The molecular formula is C15H20BrNO3. The van der Waals surface area contributed by atoms with E-state index in [9.17, 15) is 0 Å². The maximum absolute atomic E-state index is 5.48. The molecule has 0 bridgehead atoms. The molecule has 1 N–H and O–H groups in total. The largest absolute Gasteiger partial charge is 0.454 e. The van der Waals surface area contributed by atoms with Crippen molar-refractivity contribution in [3.8, 4) is 11.5 Å². The average molecular weight is 342 g/mol. The first kappa shape index (κ1) is 14.2. The highest BCUT2D eigenvalue weighted by atomic mass is 79.9. The lowest BCUT2D eigenvalue weighted by atomic mass is 9.64. The van der Waals surface area contributed by atoms with Crippen LogP contribution in [0.4, 0.5) is 0 Å². The van der Waals surface area contributed by atoms with Crippen LogP contribution in [0.15, 0.2) is 16.6 Å². The molecule has 0 amide bonds. The summed E-state index contributed by atoms with van der Waals surface area (Å²) in [6.45, 7) is 5.61. The van der Waals surface area contributed by atoms with E-state index in [4.69, 9.17) is 14.2 Å². The predicted octanol–water partition coefficient (Wildman–Crippen LogP) is 3.08. The number of ether oxygens (including phenoxy) is 3.